The summed E-state index contributed by atoms with van der Waals surface area (Å²) in [5.74, 6) is 8.97. The fourth-order valence-corrected chi connectivity index (χ4v) is 19.1. The van der Waals surface area contributed by atoms with E-state index in [-0.39, 0.29) is 68.2 Å². The van der Waals surface area contributed by atoms with Gasteiger partial charge in [-0.15, -0.1) is 23.5 Å². The summed E-state index contributed by atoms with van der Waals surface area (Å²) in [5.41, 5.74) is 10.4. The maximum atomic E-state index is 12.5. The highest BCUT2D eigenvalue weighted by atomic mass is 79.9. The van der Waals surface area contributed by atoms with Crippen LogP contribution in [0.15, 0.2) is 78.6 Å². The Labute approximate surface area is 636 Å². The number of carbonyl (C=O) groups excluding carboxylic acids is 4. The first-order valence-corrected chi connectivity index (χ1v) is 41.0. The van der Waals surface area contributed by atoms with Gasteiger partial charge in [-0.25, -0.2) is 0 Å². The first kappa shape index (κ1) is 79.2. The first-order valence-electron chi connectivity index (χ1n) is 34.6. The lowest BCUT2D eigenvalue weighted by atomic mass is 9.72. The SMILES string of the molecule is C.CC(=O)c1cc(C)c(Br)cc1O.Cc1cc2c(cc1B1OC(C)(C)C(C)(C)O1)OC1(CCC1)CC2=O.Cc1cc2c(cc1Br)OC1(CCC1)CC2.Cc1cc2c(cc1Br)OC1(CCC1)CC21SCCCS1.Cc1cc2c(cc1Br)OC1(CCC1)CC2=O.O=C1CCC1.SCCCS. The van der Waals surface area contributed by atoms with Crippen molar-refractivity contribution in [1.82, 2.24) is 0 Å². The molecule has 5 aliphatic carbocycles. The number of ether oxygens (including phenoxy) is 4. The zero-order valence-electron chi connectivity index (χ0n) is 58.0. The van der Waals surface area contributed by atoms with Crippen LogP contribution in [0.25, 0.3) is 0 Å². The number of rotatable bonds is 4. The Balaban J connectivity index is 0.000000140. The number of hydrogen-bond acceptors (Lipinski definition) is 15. The second-order valence-electron chi connectivity index (χ2n) is 29.3. The highest BCUT2D eigenvalue weighted by molar-refractivity contribution is 9.11. The van der Waals surface area contributed by atoms with E-state index >= 15 is 0 Å². The van der Waals surface area contributed by atoms with Crippen molar-refractivity contribution in [2.45, 2.75) is 256 Å². The lowest BCUT2D eigenvalue weighted by Crippen LogP contribution is -2.51. The fraction of sp³-hybridized carbons (Fsp3) is 0.564. The number of ketones is 4. The van der Waals surface area contributed by atoms with E-state index in [2.05, 4.69) is 151 Å². The van der Waals surface area contributed by atoms with Crippen LogP contribution in [-0.2, 0) is 24.6 Å². The van der Waals surface area contributed by atoms with Gasteiger partial charge in [-0.3, -0.25) is 19.2 Å². The Morgan fingerprint density at radius 2 is 0.949 bits per heavy atom. The van der Waals surface area contributed by atoms with Crippen LogP contribution in [0.5, 0.6) is 28.7 Å². The van der Waals surface area contributed by atoms with E-state index in [1.165, 1.54) is 122 Å². The summed E-state index contributed by atoms with van der Waals surface area (Å²) in [5, 5.41) is 9.34. The predicted octanol–water partition coefficient (Wildman–Crippen LogP) is 21.6. The molecular formula is C78H99BBr4O11S4. The van der Waals surface area contributed by atoms with E-state index < -0.39 is 7.12 Å². The largest absolute Gasteiger partial charge is 0.507 e. The Morgan fingerprint density at radius 3 is 1.41 bits per heavy atom. The van der Waals surface area contributed by atoms with Crippen LogP contribution in [0.3, 0.4) is 0 Å². The summed E-state index contributed by atoms with van der Waals surface area (Å²) in [6.07, 6.45) is 23.9. The molecule has 0 atom stereocenters. The molecule has 7 fully saturated rings. The molecule has 11 aliphatic rings. The Hall–Kier alpha value is -2.92. The minimum absolute atomic E-state index is 0. The monoisotopic (exact) mass is 1670 g/mol. The number of fused-ring (bicyclic) bond motifs is 5. The molecule has 6 aliphatic heterocycles. The van der Waals surface area contributed by atoms with Crippen LogP contribution in [0.1, 0.15) is 247 Å². The third kappa shape index (κ3) is 17.9. The number of aryl methyl sites for hydroxylation is 6. The molecule has 532 valence electrons. The maximum absolute atomic E-state index is 12.5. The third-order valence-electron chi connectivity index (χ3n) is 21.3. The minimum atomic E-state index is -0.432. The number of aromatic hydroxyl groups is 1. The van der Waals surface area contributed by atoms with Crippen molar-refractivity contribution in [3.8, 4) is 28.7 Å². The topological polar surface area (TPSA) is 144 Å². The third-order valence-corrected chi connectivity index (χ3v) is 28.7. The van der Waals surface area contributed by atoms with Crippen LogP contribution in [0.2, 0.25) is 0 Å². The molecule has 0 radical (unpaired) electrons. The molecule has 0 unspecified atom stereocenters. The van der Waals surface area contributed by atoms with Crippen molar-refractivity contribution < 1.29 is 52.5 Å². The number of phenolic OH excluding ortho intramolecular Hbond substituents is 1. The van der Waals surface area contributed by atoms with Gasteiger partial charge in [0.05, 0.1) is 44.8 Å². The van der Waals surface area contributed by atoms with Gasteiger partial charge >= 0.3 is 7.12 Å². The van der Waals surface area contributed by atoms with Crippen molar-refractivity contribution in [3.63, 3.8) is 0 Å². The summed E-state index contributed by atoms with van der Waals surface area (Å²) >= 11 is 26.2. The smallest absolute Gasteiger partial charge is 0.495 e. The number of halogens is 4. The van der Waals surface area contributed by atoms with Gasteiger partial charge < -0.3 is 33.4 Å². The minimum Gasteiger partial charge on any atom is -0.507 e. The van der Waals surface area contributed by atoms with Crippen LogP contribution in [0.4, 0.5) is 0 Å². The Kier molecular flexibility index (Phi) is 26.4. The summed E-state index contributed by atoms with van der Waals surface area (Å²) < 4.78 is 41.7. The van der Waals surface area contributed by atoms with Gasteiger partial charge in [0.1, 0.15) is 56.9 Å². The van der Waals surface area contributed by atoms with Crippen LogP contribution < -0.4 is 24.4 Å². The molecule has 98 heavy (non-hydrogen) atoms. The molecule has 6 heterocycles. The number of Topliss-reactive ketones (excluding diaryl/α,β-unsaturated/α-hetero) is 4. The number of benzene rings is 5. The highest BCUT2D eigenvalue weighted by Crippen LogP contribution is 2.64. The number of thiol groups is 2. The average Bonchev–Trinajstić information content (AvgIpc) is 0.865. The Bertz CT molecular complexity index is 3750. The molecule has 16 rings (SSSR count). The molecule has 1 N–H and O–H groups in total. The van der Waals surface area contributed by atoms with Crippen LogP contribution >= 0.6 is 113 Å². The van der Waals surface area contributed by atoms with E-state index in [9.17, 15) is 24.3 Å². The zero-order valence-corrected chi connectivity index (χ0v) is 67.8. The lowest BCUT2D eigenvalue weighted by Gasteiger charge is -2.53. The first-order chi connectivity index (χ1) is 45.9. The second kappa shape index (κ2) is 32.6. The second-order valence-corrected chi connectivity index (χ2v) is 36.7. The normalized spacial score (nSPS) is 21.2. The molecule has 0 aromatic heterocycles. The van der Waals surface area contributed by atoms with Crippen LogP contribution in [0, 0.1) is 34.6 Å². The van der Waals surface area contributed by atoms with E-state index in [1.807, 2.05) is 72.7 Å². The van der Waals surface area contributed by atoms with E-state index in [1.54, 1.807) is 6.07 Å². The molecular weight excluding hydrogens is 1570 g/mol. The molecule has 0 amide bonds. The predicted molar refractivity (Wildman–Crippen MR) is 423 cm³/mol. The molecule has 2 saturated heterocycles. The van der Waals surface area contributed by atoms with Gasteiger partial charge in [0.15, 0.2) is 17.3 Å². The van der Waals surface area contributed by atoms with Gasteiger partial charge in [0.25, 0.3) is 0 Å². The summed E-state index contributed by atoms with van der Waals surface area (Å²) in [6.45, 7) is 19.8. The number of carbonyl (C=O) groups is 4. The van der Waals surface area contributed by atoms with Crippen molar-refractivity contribution in [1.29, 1.82) is 0 Å². The zero-order chi connectivity index (χ0) is 70.0. The fourth-order valence-electron chi connectivity index (χ4n) is 13.7. The van der Waals surface area contributed by atoms with E-state index in [4.69, 9.17) is 28.3 Å². The van der Waals surface area contributed by atoms with Gasteiger partial charge in [-0.05, 0) is 289 Å². The van der Waals surface area contributed by atoms with Crippen molar-refractivity contribution in [2.24, 2.45) is 0 Å². The van der Waals surface area contributed by atoms with Gasteiger partial charge in [-0.2, -0.15) is 25.3 Å². The summed E-state index contributed by atoms with van der Waals surface area (Å²) in [6, 6.07) is 19.9. The number of phenols is 1. The summed E-state index contributed by atoms with van der Waals surface area (Å²) in [4.78, 5) is 45.5. The van der Waals surface area contributed by atoms with Crippen molar-refractivity contribution in [3.05, 3.63) is 134 Å². The van der Waals surface area contributed by atoms with Crippen molar-refractivity contribution >= 4 is 148 Å². The molecule has 20 heteroatoms. The number of thioether (sulfide) groups is 2. The molecule has 5 saturated carbocycles. The molecule has 5 aromatic rings. The van der Waals surface area contributed by atoms with Gasteiger partial charge in [0.2, 0.25) is 0 Å². The Morgan fingerprint density at radius 1 is 0.520 bits per heavy atom. The summed E-state index contributed by atoms with van der Waals surface area (Å²) in [7, 11) is -0.432. The molecule has 5 aromatic carbocycles. The lowest BCUT2D eigenvalue weighted by molar-refractivity contribution is -0.123. The molecule has 0 bridgehead atoms. The molecule has 11 nitrogen and oxygen atoms in total. The van der Waals surface area contributed by atoms with Gasteiger partial charge in [-0.1, -0.05) is 82.8 Å². The van der Waals surface area contributed by atoms with E-state index in [0.717, 1.165) is 128 Å². The van der Waals surface area contributed by atoms with Gasteiger partial charge in [0, 0.05) is 42.7 Å². The average molecular weight is 1670 g/mol. The molecule has 5 spiro atoms. The highest BCUT2D eigenvalue weighted by Gasteiger charge is 2.55. The van der Waals surface area contributed by atoms with Crippen molar-refractivity contribution in [2.75, 3.05) is 23.0 Å². The van der Waals surface area contributed by atoms with Crippen LogP contribution in [-0.4, -0.2) is 92.0 Å². The van der Waals surface area contributed by atoms with E-state index in [0.29, 0.717) is 35.5 Å². The number of hydrogen-bond donors (Lipinski definition) is 3. The standard InChI is InChI=1S/C19H25BO4.C16H19BrOS2.C13H13BrO2.C13H15BrO.C9H9BrO2.C4H6O.C3H8S2.CH4/c1-12-9-13-15(21)11-19(7-6-8-19)22-16(13)10-14(12)20-23-17(2,3)18(4,5)24-20;1-11-8-12-14(9-13(11)17)18-15(4-2-5-15)10-16(12)19-6-3-7-20-16;1-8-5-9-11(15)7-13(3-2-4-13)16-12(9)6-10(8)14;1-9-7-10-3-6-13(4-2-5-13)15-12(10)8-11(9)14;1-5-3-7(6(2)11)9(12)4-8(5)10;5-4-2-1-3-4;4-2-1-3-5;/h9-10H,6-8,11H2,1-5H3;8-9H,2-7,10H2,1H3;5-6H,2-4,7H2,1H3;7-8H,2-6H2,1H3;3-4,12H,1-2H3;1-3H2;4-5H,1-3H2;1H4. The quantitative estimate of drug-likeness (QED) is 0.0893. The maximum Gasteiger partial charge on any atom is 0.495 e.